The van der Waals surface area contributed by atoms with Gasteiger partial charge in [-0.3, -0.25) is 9.48 Å². The fraction of sp³-hybridized carbons (Fsp3) is 0.176. The molecule has 2 heterocycles. The van der Waals surface area contributed by atoms with Crippen LogP contribution in [0.4, 0.5) is 13.2 Å². The van der Waals surface area contributed by atoms with E-state index in [4.69, 9.17) is 9.78 Å². The largest absolute Gasteiger partial charge is 0.435 e. The molecule has 0 saturated heterocycles. The lowest BCUT2D eigenvalue weighted by molar-refractivity contribution is -0.141. The summed E-state index contributed by atoms with van der Waals surface area (Å²) in [7, 11) is 0. The number of alkyl halides is 3. The quantitative estimate of drug-likeness (QED) is 0.515. The lowest BCUT2D eigenvalue weighted by atomic mass is 10.2. The molecule has 0 spiro atoms. The fourth-order valence-corrected chi connectivity index (χ4v) is 2.21. The first-order valence-corrected chi connectivity index (χ1v) is 8.04. The molecule has 1 N–H and O–H groups in total. The zero-order valence-corrected chi connectivity index (χ0v) is 14.8. The number of carbonyl (C=O) groups excluding carboxylic acids is 1. The summed E-state index contributed by atoms with van der Waals surface area (Å²) in [6.07, 6.45) is -3.21. The first-order chi connectivity index (χ1) is 13.8. The van der Waals surface area contributed by atoms with Gasteiger partial charge in [-0.2, -0.15) is 33.6 Å². The molecule has 12 heteroatoms. The summed E-state index contributed by atoms with van der Waals surface area (Å²) < 4.78 is 44.0. The van der Waals surface area contributed by atoms with Crippen LogP contribution in [0, 0.1) is 18.3 Å². The number of hydrazone groups is 1. The number of nitrogens with zero attached hydrogens (tertiary/aromatic N) is 6. The van der Waals surface area contributed by atoms with E-state index in [1.165, 1.54) is 13.1 Å². The highest BCUT2D eigenvalue weighted by atomic mass is 19.4. The lowest BCUT2D eigenvalue weighted by Crippen LogP contribution is -2.18. The molecule has 9 nitrogen and oxygen atoms in total. The van der Waals surface area contributed by atoms with Crippen molar-refractivity contribution in [1.82, 2.24) is 25.3 Å². The van der Waals surface area contributed by atoms with E-state index in [1.807, 2.05) is 6.07 Å². The van der Waals surface area contributed by atoms with Gasteiger partial charge in [0.1, 0.15) is 6.54 Å². The number of amides is 1. The van der Waals surface area contributed by atoms with Crippen LogP contribution in [-0.4, -0.2) is 32.0 Å². The normalized spacial score (nSPS) is 11.6. The zero-order valence-electron chi connectivity index (χ0n) is 14.8. The van der Waals surface area contributed by atoms with E-state index in [1.54, 1.807) is 24.3 Å². The Balaban J connectivity index is 1.62. The Kier molecular flexibility index (Phi) is 5.40. The van der Waals surface area contributed by atoms with Gasteiger partial charge in [0.25, 0.3) is 0 Å². The molecule has 0 aliphatic carbocycles. The van der Waals surface area contributed by atoms with Gasteiger partial charge in [0, 0.05) is 5.69 Å². The highest BCUT2D eigenvalue weighted by Gasteiger charge is 2.34. The Hall–Kier alpha value is -4.01. The van der Waals surface area contributed by atoms with Crippen molar-refractivity contribution >= 4 is 12.1 Å². The molecule has 3 rings (SSSR count). The van der Waals surface area contributed by atoms with Crippen LogP contribution in [0.2, 0.25) is 0 Å². The Morgan fingerprint density at radius 1 is 1.38 bits per heavy atom. The second-order valence-corrected chi connectivity index (χ2v) is 5.78. The second-order valence-electron chi connectivity index (χ2n) is 5.78. The summed E-state index contributed by atoms with van der Waals surface area (Å²) in [5.41, 5.74) is 2.53. The lowest BCUT2D eigenvalue weighted by Gasteiger charge is -2.01. The SMILES string of the molecule is Cc1cc(C(F)(F)F)nn1Cc1noc(C(=O)N/N=C/c2ccc(C#N)cc2)n1. The average molecular weight is 403 g/mol. The van der Waals surface area contributed by atoms with Crippen molar-refractivity contribution in [2.75, 3.05) is 0 Å². The minimum absolute atomic E-state index is 0.0221. The van der Waals surface area contributed by atoms with Gasteiger partial charge < -0.3 is 4.52 Å². The molecule has 1 amide bonds. The summed E-state index contributed by atoms with van der Waals surface area (Å²) in [5, 5.41) is 19.5. The predicted molar refractivity (Wildman–Crippen MR) is 91.6 cm³/mol. The number of hydrogen-bond donors (Lipinski definition) is 1. The average Bonchev–Trinajstić information content (AvgIpc) is 3.29. The molecule has 1 aromatic carbocycles. The van der Waals surface area contributed by atoms with Gasteiger partial charge in [-0.15, -0.1) is 0 Å². The van der Waals surface area contributed by atoms with Gasteiger partial charge in [0.05, 0.1) is 17.8 Å². The van der Waals surface area contributed by atoms with Crippen LogP contribution in [0.15, 0.2) is 40.0 Å². The molecule has 0 saturated carbocycles. The summed E-state index contributed by atoms with van der Waals surface area (Å²) in [4.78, 5) is 15.8. The molecule has 0 radical (unpaired) electrons. The van der Waals surface area contributed by atoms with Crippen LogP contribution in [0.25, 0.3) is 0 Å². The Labute approximate surface area is 161 Å². The van der Waals surface area contributed by atoms with Crippen molar-refractivity contribution in [3.63, 3.8) is 0 Å². The smallest absolute Gasteiger partial charge is 0.328 e. The molecule has 0 fully saturated rings. The van der Waals surface area contributed by atoms with E-state index in [0.29, 0.717) is 11.1 Å². The molecule has 0 unspecified atom stereocenters. The number of aryl methyl sites for hydroxylation is 1. The fourth-order valence-electron chi connectivity index (χ4n) is 2.21. The van der Waals surface area contributed by atoms with Crippen molar-refractivity contribution in [3.8, 4) is 6.07 Å². The maximum Gasteiger partial charge on any atom is 0.435 e. The topological polar surface area (TPSA) is 122 Å². The third-order valence-corrected chi connectivity index (χ3v) is 3.64. The Morgan fingerprint density at radius 3 is 2.72 bits per heavy atom. The number of hydrogen-bond acceptors (Lipinski definition) is 7. The maximum absolute atomic E-state index is 12.7. The molecule has 0 aliphatic heterocycles. The van der Waals surface area contributed by atoms with Gasteiger partial charge in [-0.1, -0.05) is 17.3 Å². The van der Waals surface area contributed by atoms with Crippen molar-refractivity contribution in [3.05, 3.63) is 64.6 Å². The summed E-state index contributed by atoms with van der Waals surface area (Å²) in [5.74, 6) is -1.22. The molecule has 29 heavy (non-hydrogen) atoms. The van der Waals surface area contributed by atoms with Crippen LogP contribution in [0.5, 0.6) is 0 Å². The van der Waals surface area contributed by atoms with Crippen molar-refractivity contribution in [2.24, 2.45) is 5.10 Å². The van der Waals surface area contributed by atoms with Gasteiger partial charge in [-0.05, 0) is 30.7 Å². The molecule has 0 atom stereocenters. The first-order valence-electron chi connectivity index (χ1n) is 8.04. The van der Waals surface area contributed by atoms with Gasteiger partial charge in [-0.25, -0.2) is 5.43 Å². The van der Waals surface area contributed by atoms with Gasteiger partial charge in [0.2, 0.25) is 0 Å². The highest BCUT2D eigenvalue weighted by molar-refractivity contribution is 5.90. The minimum Gasteiger partial charge on any atom is -0.328 e. The summed E-state index contributed by atoms with van der Waals surface area (Å²) in [6.45, 7) is 1.25. The van der Waals surface area contributed by atoms with E-state index in [0.717, 1.165) is 10.7 Å². The summed E-state index contributed by atoms with van der Waals surface area (Å²) in [6, 6.07) is 9.34. The van der Waals surface area contributed by atoms with Crippen LogP contribution in [0.3, 0.4) is 0 Å². The van der Waals surface area contributed by atoms with E-state index in [-0.39, 0.29) is 18.1 Å². The van der Waals surface area contributed by atoms with Crippen LogP contribution >= 0.6 is 0 Å². The molecular weight excluding hydrogens is 391 g/mol. The monoisotopic (exact) mass is 403 g/mol. The van der Waals surface area contributed by atoms with E-state index >= 15 is 0 Å². The maximum atomic E-state index is 12.7. The van der Waals surface area contributed by atoms with Crippen LogP contribution < -0.4 is 5.43 Å². The predicted octanol–water partition coefficient (Wildman–Crippen LogP) is 2.28. The number of rotatable bonds is 5. The molecule has 148 valence electrons. The van der Waals surface area contributed by atoms with E-state index in [2.05, 4.69) is 25.8 Å². The van der Waals surface area contributed by atoms with Crippen molar-refractivity contribution in [2.45, 2.75) is 19.6 Å². The van der Waals surface area contributed by atoms with Gasteiger partial charge >= 0.3 is 18.0 Å². The van der Waals surface area contributed by atoms with Crippen LogP contribution in [0.1, 0.15) is 39.0 Å². The number of carbonyl (C=O) groups is 1. The standard InChI is InChI=1S/C17H12F3N7O2/c1-10-6-13(17(18,19)20)25-27(10)9-14-23-16(29-26-14)15(28)24-22-8-12-4-2-11(7-21)3-5-12/h2-6,8H,9H2,1H3,(H,24,28)/b22-8+. The van der Waals surface area contributed by atoms with Crippen LogP contribution in [-0.2, 0) is 12.7 Å². The van der Waals surface area contributed by atoms with Crippen molar-refractivity contribution in [1.29, 1.82) is 5.26 Å². The molecule has 2 aromatic heterocycles. The molecular formula is C17H12F3N7O2. The zero-order chi connectivity index (χ0) is 21.0. The third kappa shape index (κ3) is 4.83. The summed E-state index contributed by atoms with van der Waals surface area (Å²) >= 11 is 0. The van der Waals surface area contributed by atoms with E-state index in [9.17, 15) is 18.0 Å². The van der Waals surface area contributed by atoms with Crippen molar-refractivity contribution < 1.29 is 22.5 Å². The number of nitriles is 1. The number of nitrogens with one attached hydrogen (secondary N) is 1. The Bertz CT molecular complexity index is 1090. The molecule has 0 aliphatic rings. The molecule has 0 bridgehead atoms. The van der Waals surface area contributed by atoms with Gasteiger partial charge in [0.15, 0.2) is 11.5 Å². The van der Waals surface area contributed by atoms with E-state index < -0.39 is 23.7 Å². The number of aromatic nitrogens is 4. The number of benzene rings is 1. The Morgan fingerprint density at radius 2 is 2.10 bits per heavy atom. The highest BCUT2D eigenvalue weighted by Crippen LogP contribution is 2.28. The molecule has 3 aromatic rings. The second kappa shape index (κ2) is 7.93. The number of halogens is 3. The first kappa shape index (κ1) is 19.7. The minimum atomic E-state index is -4.56. The third-order valence-electron chi connectivity index (χ3n) is 3.64.